The van der Waals surface area contributed by atoms with Crippen molar-refractivity contribution in [1.82, 2.24) is 0 Å². The summed E-state index contributed by atoms with van der Waals surface area (Å²) in [5.41, 5.74) is 1.19. The van der Waals surface area contributed by atoms with Crippen molar-refractivity contribution < 1.29 is 4.74 Å². The van der Waals surface area contributed by atoms with Gasteiger partial charge in [0.2, 0.25) is 0 Å². The summed E-state index contributed by atoms with van der Waals surface area (Å²) in [6.07, 6.45) is 0. The van der Waals surface area contributed by atoms with E-state index in [1.165, 1.54) is 15.6 Å². The van der Waals surface area contributed by atoms with Gasteiger partial charge in [-0.1, -0.05) is 36.4 Å². The lowest BCUT2D eigenvalue weighted by molar-refractivity contribution is 0.310. The molecule has 84 valence electrons. The highest BCUT2D eigenvalue weighted by atomic mass is 32.1. The van der Waals surface area contributed by atoms with Crippen molar-refractivity contribution in [3.63, 3.8) is 0 Å². The summed E-state index contributed by atoms with van der Waals surface area (Å²) in [6, 6.07) is 18.5. The smallest absolute Gasteiger partial charge is 0.128 e. The Hall–Kier alpha value is -1.80. The molecule has 0 radical (unpaired) electrons. The average Bonchev–Trinajstić information content (AvgIpc) is 2.86. The van der Waals surface area contributed by atoms with Crippen molar-refractivity contribution >= 4 is 21.4 Å². The second-order valence-corrected chi connectivity index (χ2v) is 4.81. The molecule has 0 aliphatic carbocycles. The van der Waals surface area contributed by atoms with E-state index in [1.807, 2.05) is 30.3 Å². The van der Waals surface area contributed by atoms with Gasteiger partial charge < -0.3 is 4.74 Å². The normalized spacial score (nSPS) is 10.6. The molecular formula is C15H12OS. The number of ether oxygens (including phenoxy) is 1. The van der Waals surface area contributed by atoms with Crippen LogP contribution in [-0.4, -0.2) is 0 Å². The van der Waals surface area contributed by atoms with Crippen LogP contribution in [0.1, 0.15) is 5.56 Å². The lowest BCUT2D eigenvalue weighted by Gasteiger charge is -2.07. The van der Waals surface area contributed by atoms with Crippen LogP contribution in [0.5, 0.6) is 5.75 Å². The Bertz CT molecular complexity index is 613. The van der Waals surface area contributed by atoms with Crippen LogP contribution in [0.3, 0.4) is 0 Å². The van der Waals surface area contributed by atoms with E-state index in [1.54, 1.807) is 11.3 Å². The molecule has 0 amide bonds. The monoisotopic (exact) mass is 240 g/mol. The Morgan fingerprint density at radius 1 is 0.882 bits per heavy atom. The van der Waals surface area contributed by atoms with E-state index in [-0.39, 0.29) is 0 Å². The summed E-state index contributed by atoms with van der Waals surface area (Å²) >= 11 is 1.74. The number of benzene rings is 2. The summed E-state index contributed by atoms with van der Waals surface area (Å²) < 4.78 is 7.14. The maximum atomic E-state index is 5.87. The van der Waals surface area contributed by atoms with Crippen LogP contribution < -0.4 is 4.74 Å². The SMILES string of the molecule is c1ccc(COc2cccc3sccc23)cc1. The first-order valence-corrected chi connectivity index (χ1v) is 6.44. The minimum absolute atomic E-state index is 0.621. The summed E-state index contributed by atoms with van der Waals surface area (Å²) in [7, 11) is 0. The summed E-state index contributed by atoms with van der Waals surface area (Å²) in [4.78, 5) is 0. The lowest BCUT2D eigenvalue weighted by Crippen LogP contribution is -1.94. The maximum absolute atomic E-state index is 5.87. The van der Waals surface area contributed by atoms with E-state index < -0.39 is 0 Å². The van der Waals surface area contributed by atoms with Gasteiger partial charge in [0.1, 0.15) is 12.4 Å². The molecule has 0 aliphatic rings. The predicted octanol–water partition coefficient (Wildman–Crippen LogP) is 4.48. The zero-order valence-electron chi connectivity index (χ0n) is 9.30. The number of hydrogen-bond donors (Lipinski definition) is 0. The maximum Gasteiger partial charge on any atom is 0.128 e. The van der Waals surface area contributed by atoms with Crippen LogP contribution >= 0.6 is 11.3 Å². The van der Waals surface area contributed by atoms with Crippen molar-refractivity contribution in [3.05, 3.63) is 65.5 Å². The van der Waals surface area contributed by atoms with Gasteiger partial charge in [-0.25, -0.2) is 0 Å². The van der Waals surface area contributed by atoms with Gasteiger partial charge in [-0.2, -0.15) is 0 Å². The molecule has 1 nitrogen and oxygen atoms in total. The van der Waals surface area contributed by atoms with E-state index in [0.29, 0.717) is 6.61 Å². The third kappa shape index (κ3) is 2.17. The van der Waals surface area contributed by atoms with Crippen molar-refractivity contribution in [2.75, 3.05) is 0 Å². The van der Waals surface area contributed by atoms with Crippen LogP contribution in [0.25, 0.3) is 10.1 Å². The number of hydrogen-bond acceptors (Lipinski definition) is 2. The molecule has 17 heavy (non-hydrogen) atoms. The second-order valence-electron chi connectivity index (χ2n) is 3.86. The highest BCUT2D eigenvalue weighted by Gasteiger charge is 2.02. The van der Waals surface area contributed by atoms with Gasteiger partial charge in [0.05, 0.1) is 0 Å². The summed E-state index contributed by atoms with van der Waals surface area (Å²) in [5.74, 6) is 0.965. The van der Waals surface area contributed by atoms with Crippen LogP contribution in [0.2, 0.25) is 0 Å². The van der Waals surface area contributed by atoms with Crippen LogP contribution in [0.4, 0.5) is 0 Å². The molecule has 0 saturated carbocycles. The van der Waals surface area contributed by atoms with Gasteiger partial charge in [-0.15, -0.1) is 11.3 Å². The molecule has 0 bridgehead atoms. The van der Waals surface area contributed by atoms with E-state index in [2.05, 4.69) is 29.6 Å². The van der Waals surface area contributed by atoms with Crippen molar-refractivity contribution in [3.8, 4) is 5.75 Å². The number of thiophene rings is 1. The van der Waals surface area contributed by atoms with Crippen LogP contribution in [-0.2, 0) is 6.61 Å². The zero-order chi connectivity index (χ0) is 11.5. The Balaban J connectivity index is 1.84. The van der Waals surface area contributed by atoms with Gasteiger partial charge in [-0.3, -0.25) is 0 Å². The van der Waals surface area contributed by atoms with E-state index in [9.17, 15) is 0 Å². The van der Waals surface area contributed by atoms with Crippen LogP contribution in [0.15, 0.2) is 60.0 Å². The van der Waals surface area contributed by atoms with Crippen molar-refractivity contribution in [1.29, 1.82) is 0 Å². The Kier molecular flexibility index (Phi) is 2.80. The first-order chi connectivity index (χ1) is 8.43. The standard InChI is InChI=1S/C15H12OS/c1-2-5-12(6-3-1)11-16-14-7-4-8-15-13(14)9-10-17-15/h1-10H,11H2. The molecule has 0 N–H and O–H groups in total. The van der Waals surface area contributed by atoms with Gasteiger partial charge in [0.25, 0.3) is 0 Å². The lowest BCUT2D eigenvalue weighted by atomic mass is 10.2. The first kappa shape index (κ1) is 10.4. The van der Waals surface area contributed by atoms with Gasteiger partial charge in [-0.05, 0) is 29.1 Å². The third-order valence-corrected chi connectivity index (χ3v) is 3.58. The predicted molar refractivity (Wildman–Crippen MR) is 72.6 cm³/mol. The van der Waals surface area contributed by atoms with Crippen molar-refractivity contribution in [2.24, 2.45) is 0 Å². The molecule has 3 rings (SSSR count). The largest absolute Gasteiger partial charge is 0.488 e. The zero-order valence-corrected chi connectivity index (χ0v) is 10.1. The van der Waals surface area contributed by atoms with E-state index in [0.717, 1.165) is 5.75 Å². The fourth-order valence-corrected chi connectivity index (χ4v) is 2.63. The fraction of sp³-hybridized carbons (Fsp3) is 0.0667. The highest BCUT2D eigenvalue weighted by molar-refractivity contribution is 7.17. The molecule has 0 aliphatic heterocycles. The summed E-state index contributed by atoms with van der Waals surface area (Å²) in [5, 5.41) is 3.30. The Morgan fingerprint density at radius 2 is 1.76 bits per heavy atom. The average molecular weight is 240 g/mol. The molecule has 0 saturated heterocycles. The van der Waals surface area contributed by atoms with Gasteiger partial charge in [0, 0.05) is 10.1 Å². The molecular weight excluding hydrogens is 228 g/mol. The van der Waals surface area contributed by atoms with E-state index in [4.69, 9.17) is 4.74 Å². The van der Waals surface area contributed by atoms with Crippen LogP contribution in [0, 0.1) is 0 Å². The molecule has 1 heterocycles. The van der Waals surface area contributed by atoms with Gasteiger partial charge in [0.15, 0.2) is 0 Å². The van der Waals surface area contributed by atoms with E-state index >= 15 is 0 Å². The minimum atomic E-state index is 0.621. The molecule has 0 spiro atoms. The third-order valence-electron chi connectivity index (χ3n) is 2.69. The Morgan fingerprint density at radius 3 is 2.65 bits per heavy atom. The molecule has 2 heteroatoms. The molecule has 0 atom stereocenters. The molecule has 0 unspecified atom stereocenters. The molecule has 2 aromatic carbocycles. The number of fused-ring (bicyclic) bond motifs is 1. The number of rotatable bonds is 3. The van der Waals surface area contributed by atoms with Gasteiger partial charge >= 0.3 is 0 Å². The molecule has 1 aromatic heterocycles. The first-order valence-electron chi connectivity index (χ1n) is 5.56. The summed E-state index contributed by atoms with van der Waals surface area (Å²) in [6.45, 7) is 0.621. The minimum Gasteiger partial charge on any atom is -0.488 e. The fourth-order valence-electron chi connectivity index (χ4n) is 1.83. The van der Waals surface area contributed by atoms with Crippen molar-refractivity contribution in [2.45, 2.75) is 6.61 Å². The molecule has 3 aromatic rings. The Labute approximate surface area is 104 Å². The quantitative estimate of drug-likeness (QED) is 0.656. The molecule has 0 fully saturated rings. The second kappa shape index (κ2) is 4.60. The highest BCUT2D eigenvalue weighted by Crippen LogP contribution is 2.29. The topological polar surface area (TPSA) is 9.23 Å².